The molecule has 1 aromatic rings. The van der Waals surface area contributed by atoms with Gasteiger partial charge in [0.05, 0.1) is 12.2 Å². The van der Waals surface area contributed by atoms with E-state index >= 15 is 0 Å². The second kappa shape index (κ2) is 5.21. The molecule has 4 nitrogen and oxygen atoms in total. The van der Waals surface area contributed by atoms with Crippen molar-refractivity contribution in [1.82, 2.24) is 4.72 Å². The van der Waals surface area contributed by atoms with Crippen LogP contribution in [0.2, 0.25) is 0 Å². The van der Waals surface area contributed by atoms with Crippen molar-refractivity contribution in [3.8, 4) is 11.8 Å². The first-order valence-electron chi connectivity index (χ1n) is 5.15. The number of nitrogen functional groups attached to an aromatic ring is 1. The van der Waals surface area contributed by atoms with E-state index in [2.05, 4.69) is 16.6 Å². The molecule has 0 spiro atoms. The zero-order chi connectivity index (χ0) is 13.1. The van der Waals surface area contributed by atoms with Gasteiger partial charge in [-0.25, -0.2) is 8.42 Å². The Morgan fingerprint density at radius 2 is 2.00 bits per heavy atom. The Bertz CT molecular complexity index is 581. The van der Waals surface area contributed by atoms with Crippen LogP contribution in [0.15, 0.2) is 17.0 Å². The molecule has 0 heterocycles. The van der Waals surface area contributed by atoms with Gasteiger partial charge in [0.15, 0.2) is 0 Å². The summed E-state index contributed by atoms with van der Waals surface area (Å²) in [6.45, 7) is 5.33. The van der Waals surface area contributed by atoms with Crippen LogP contribution in [-0.4, -0.2) is 15.0 Å². The number of sulfonamides is 1. The lowest BCUT2D eigenvalue weighted by molar-refractivity contribution is 0.586. The van der Waals surface area contributed by atoms with Crippen molar-refractivity contribution < 1.29 is 8.42 Å². The van der Waals surface area contributed by atoms with Crippen LogP contribution in [-0.2, 0) is 10.0 Å². The van der Waals surface area contributed by atoms with E-state index < -0.39 is 10.0 Å². The lowest BCUT2D eigenvalue weighted by atomic mass is 10.1. The second-order valence-electron chi connectivity index (χ2n) is 3.68. The van der Waals surface area contributed by atoms with Crippen LogP contribution in [0.4, 0.5) is 5.69 Å². The molecule has 1 aromatic carbocycles. The Hall–Kier alpha value is -1.51. The van der Waals surface area contributed by atoms with Crippen LogP contribution in [0, 0.1) is 25.7 Å². The van der Waals surface area contributed by atoms with Crippen molar-refractivity contribution in [2.24, 2.45) is 0 Å². The van der Waals surface area contributed by atoms with E-state index in [0.717, 1.165) is 5.56 Å². The molecule has 17 heavy (non-hydrogen) atoms. The van der Waals surface area contributed by atoms with Gasteiger partial charge in [0, 0.05) is 0 Å². The number of benzene rings is 1. The van der Waals surface area contributed by atoms with Gasteiger partial charge in [-0.15, -0.1) is 5.92 Å². The fourth-order valence-electron chi connectivity index (χ4n) is 1.46. The summed E-state index contributed by atoms with van der Waals surface area (Å²) in [5.74, 6) is 5.27. The molecule has 0 radical (unpaired) electrons. The first-order chi connectivity index (χ1) is 7.90. The van der Waals surface area contributed by atoms with E-state index in [9.17, 15) is 8.42 Å². The van der Waals surface area contributed by atoms with Crippen LogP contribution in [0.5, 0.6) is 0 Å². The summed E-state index contributed by atoms with van der Waals surface area (Å²) in [6.07, 6.45) is 0. The topological polar surface area (TPSA) is 72.2 Å². The first-order valence-corrected chi connectivity index (χ1v) is 6.63. The molecule has 0 fully saturated rings. The van der Waals surface area contributed by atoms with Crippen molar-refractivity contribution >= 4 is 15.7 Å². The molecule has 0 aliphatic carbocycles. The number of aryl methyl sites for hydroxylation is 1. The minimum absolute atomic E-state index is 0.0889. The molecule has 92 valence electrons. The Balaban J connectivity index is 3.22. The summed E-state index contributed by atoms with van der Waals surface area (Å²) in [7, 11) is -3.59. The smallest absolute Gasteiger partial charge is 0.243 e. The standard InChI is InChI=1S/C12H16N2O2S/c1-4-5-8-14-17(15,16)12-10(3)9(2)6-7-11(12)13/h6-7,14H,8,13H2,1-3H3. The Morgan fingerprint density at radius 3 is 2.59 bits per heavy atom. The van der Waals surface area contributed by atoms with E-state index in [0.29, 0.717) is 5.56 Å². The highest BCUT2D eigenvalue weighted by atomic mass is 32.2. The molecule has 1 rings (SSSR count). The fourth-order valence-corrected chi connectivity index (χ4v) is 2.81. The largest absolute Gasteiger partial charge is 0.398 e. The Kier molecular flexibility index (Phi) is 4.16. The molecule has 0 aliphatic heterocycles. The molecule has 0 atom stereocenters. The average molecular weight is 252 g/mol. The van der Waals surface area contributed by atoms with Gasteiger partial charge in [0.25, 0.3) is 0 Å². The molecule has 0 aliphatic rings. The molecule has 0 amide bonds. The van der Waals surface area contributed by atoms with E-state index in [-0.39, 0.29) is 17.1 Å². The molecule has 0 bridgehead atoms. The number of hydrogen-bond donors (Lipinski definition) is 2. The zero-order valence-electron chi connectivity index (χ0n) is 10.2. The monoisotopic (exact) mass is 252 g/mol. The van der Waals surface area contributed by atoms with Crippen LogP contribution in [0.1, 0.15) is 18.1 Å². The summed E-state index contributed by atoms with van der Waals surface area (Å²) in [5.41, 5.74) is 7.54. The second-order valence-corrected chi connectivity index (χ2v) is 5.38. The number of rotatable bonds is 3. The van der Waals surface area contributed by atoms with E-state index in [1.807, 2.05) is 6.92 Å². The maximum atomic E-state index is 12.0. The van der Waals surface area contributed by atoms with Crippen molar-refractivity contribution in [2.75, 3.05) is 12.3 Å². The maximum absolute atomic E-state index is 12.0. The summed E-state index contributed by atoms with van der Waals surface area (Å²) in [6, 6.07) is 3.40. The van der Waals surface area contributed by atoms with Crippen LogP contribution in [0.3, 0.4) is 0 Å². The predicted molar refractivity (Wildman–Crippen MR) is 69.0 cm³/mol. The number of hydrogen-bond acceptors (Lipinski definition) is 3. The van der Waals surface area contributed by atoms with Gasteiger partial charge in [-0.05, 0) is 38.0 Å². The van der Waals surface area contributed by atoms with Gasteiger partial charge < -0.3 is 5.73 Å². The molecular weight excluding hydrogens is 236 g/mol. The molecule has 0 unspecified atom stereocenters. The van der Waals surface area contributed by atoms with Crippen molar-refractivity contribution in [2.45, 2.75) is 25.7 Å². The van der Waals surface area contributed by atoms with Crippen molar-refractivity contribution in [3.05, 3.63) is 23.3 Å². The van der Waals surface area contributed by atoms with Gasteiger partial charge in [0.1, 0.15) is 4.90 Å². The van der Waals surface area contributed by atoms with Gasteiger partial charge in [0.2, 0.25) is 10.0 Å². The minimum atomic E-state index is -3.59. The molecule has 0 saturated carbocycles. The first kappa shape index (κ1) is 13.6. The number of nitrogens with two attached hydrogens (primary N) is 1. The van der Waals surface area contributed by atoms with Crippen molar-refractivity contribution in [3.63, 3.8) is 0 Å². The van der Waals surface area contributed by atoms with Gasteiger partial charge in [-0.2, -0.15) is 4.72 Å². The highest BCUT2D eigenvalue weighted by Crippen LogP contribution is 2.24. The van der Waals surface area contributed by atoms with E-state index in [4.69, 9.17) is 5.73 Å². The van der Waals surface area contributed by atoms with Crippen LogP contribution >= 0.6 is 0 Å². The number of nitrogens with one attached hydrogen (secondary N) is 1. The van der Waals surface area contributed by atoms with E-state index in [1.54, 1.807) is 26.0 Å². The van der Waals surface area contributed by atoms with Gasteiger partial charge >= 0.3 is 0 Å². The van der Waals surface area contributed by atoms with Gasteiger partial charge in [-0.3, -0.25) is 0 Å². The molecule has 5 heteroatoms. The SMILES string of the molecule is CC#CCNS(=O)(=O)c1c(N)ccc(C)c1C. The zero-order valence-corrected chi connectivity index (χ0v) is 11.0. The van der Waals surface area contributed by atoms with E-state index in [1.165, 1.54) is 0 Å². The van der Waals surface area contributed by atoms with Crippen LogP contribution < -0.4 is 10.5 Å². The third kappa shape index (κ3) is 2.99. The normalized spacial score (nSPS) is 10.8. The summed E-state index contributed by atoms with van der Waals surface area (Å²) in [4.78, 5) is 0.149. The van der Waals surface area contributed by atoms with Crippen molar-refractivity contribution in [1.29, 1.82) is 0 Å². The molecule has 3 N–H and O–H groups in total. The van der Waals surface area contributed by atoms with Crippen LogP contribution in [0.25, 0.3) is 0 Å². The predicted octanol–water partition coefficient (Wildman–Crippen LogP) is 1.19. The maximum Gasteiger partial charge on any atom is 0.243 e. The Morgan fingerprint density at radius 1 is 1.35 bits per heavy atom. The lowest BCUT2D eigenvalue weighted by Gasteiger charge is -2.12. The highest BCUT2D eigenvalue weighted by Gasteiger charge is 2.20. The summed E-state index contributed by atoms with van der Waals surface area (Å²) < 4.78 is 26.5. The lowest BCUT2D eigenvalue weighted by Crippen LogP contribution is -2.26. The fraction of sp³-hybridized carbons (Fsp3) is 0.333. The minimum Gasteiger partial charge on any atom is -0.398 e. The quantitative estimate of drug-likeness (QED) is 0.627. The van der Waals surface area contributed by atoms with Gasteiger partial charge in [-0.1, -0.05) is 12.0 Å². The Labute approximate surface area is 102 Å². The summed E-state index contributed by atoms with van der Waals surface area (Å²) >= 11 is 0. The summed E-state index contributed by atoms with van der Waals surface area (Å²) in [5, 5.41) is 0. The molecular formula is C12H16N2O2S. The highest BCUT2D eigenvalue weighted by molar-refractivity contribution is 7.89. The third-order valence-electron chi connectivity index (χ3n) is 2.50. The average Bonchev–Trinajstić information content (AvgIpc) is 2.24. The third-order valence-corrected chi connectivity index (χ3v) is 4.11. The number of anilines is 1. The molecule has 0 aromatic heterocycles. The molecule has 0 saturated heterocycles.